The molecule has 1 unspecified atom stereocenters. The lowest BCUT2D eigenvalue weighted by atomic mass is 10.1. The summed E-state index contributed by atoms with van der Waals surface area (Å²) < 4.78 is 17.7. The van der Waals surface area contributed by atoms with E-state index in [1.165, 1.54) is 57.8 Å². The van der Waals surface area contributed by atoms with E-state index in [0.29, 0.717) is 13.2 Å². The lowest BCUT2D eigenvalue weighted by molar-refractivity contribution is -0.0226. The third kappa shape index (κ3) is 10.6. The summed E-state index contributed by atoms with van der Waals surface area (Å²) in [5.41, 5.74) is 1.08. The Morgan fingerprint density at radius 2 is 1.25 bits per heavy atom. The molecule has 196 valence electrons. The SMILES string of the molecule is CCCCCCCCCCCCOc1ccc2cc(OCC(CO)OCc3ccccc3)ccc2c1. The summed E-state index contributed by atoms with van der Waals surface area (Å²) in [5, 5.41) is 11.9. The highest BCUT2D eigenvalue weighted by molar-refractivity contribution is 5.85. The normalized spacial score (nSPS) is 12.1. The zero-order valence-electron chi connectivity index (χ0n) is 22.0. The number of benzene rings is 3. The number of aliphatic hydroxyl groups is 1. The molecule has 1 atom stereocenters. The molecule has 0 bridgehead atoms. The maximum absolute atomic E-state index is 9.64. The van der Waals surface area contributed by atoms with Crippen LogP contribution in [-0.4, -0.2) is 31.0 Å². The molecule has 3 aromatic carbocycles. The van der Waals surface area contributed by atoms with Gasteiger partial charge < -0.3 is 19.3 Å². The number of ether oxygens (including phenoxy) is 3. The van der Waals surface area contributed by atoms with Gasteiger partial charge in [-0.3, -0.25) is 0 Å². The molecule has 0 saturated heterocycles. The molecule has 0 spiro atoms. The van der Waals surface area contributed by atoms with Crippen molar-refractivity contribution in [3.8, 4) is 11.5 Å². The molecule has 0 amide bonds. The Morgan fingerprint density at radius 1 is 0.667 bits per heavy atom. The standard InChI is InChI=1S/C32H44O4/c1-2-3-4-5-6-7-8-9-10-14-21-34-30-19-17-29-23-31(20-18-28(29)22-30)36-26-32(24-33)35-25-27-15-12-11-13-16-27/h11-13,15-20,22-23,32-33H,2-10,14,21,24-26H2,1H3. The summed E-state index contributed by atoms with van der Waals surface area (Å²) in [4.78, 5) is 0. The first kappa shape index (κ1) is 28.0. The summed E-state index contributed by atoms with van der Waals surface area (Å²) in [6, 6.07) is 22.2. The van der Waals surface area contributed by atoms with Crippen LogP contribution >= 0.6 is 0 Å². The van der Waals surface area contributed by atoms with Crippen LogP contribution in [-0.2, 0) is 11.3 Å². The molecular weight excluding hydrogens is 448 g/mol. The van der Waals surface area contributed by atoms with E-state index >= 15 is 0 Å². The number of hydrogen-bond donors (Lipinski definition) is 1. The first-order valence-electron chi connectivity index (χ1n) is 13.8. The second-order valence-electron chi connectivity index (χ2n) is 9.61. The molecule has 3 rings (SSSR count). The summed E-state index contributed by atoms with van der Waals surface area (Å²) in [7, 11) is 0. The van der Waals surface area contributed by atoms with Gasteiger partial charge in [-0.25, -0.2) is 0 Å². The van der Waals surface area contributed by atoms with E-state index in [2.05, 4.69) is 25.1 Å². The lowest BCUT2D eigenvalue weighted by Gasteiger charge is -2.17. The zero-order valence-corrected chi connectivity index (χ0v) is 22.0. The van der Waals surface area contributed by atoms with Gasteiger partial charge in [-0.2, -0.15) is 0 Å². The summed E-state index contributed by atoms with van der Waals surface area (Å²) >= 11 is 0. The maximum Gasteiger partial charge on any atom is 0.120 e. The molecule has 36 heavy (non-hydrogen) atoms. The van der Waals surface area contributed by atoms with Crippen LogP contribution in [0.4, 0.5) is 0 Å². The Kier molecular flexibility index (Phi) is 13.2. The Balaban J connectivity index is 1.34. The van der Waals surface area contributed by atoms with Gasteiger partial charge in [0.05, 0.1) is 19.8 Å². The Bertz CT molecular complexity index is 972. The number of fused-ring (bicyclic) bond motifs is 1. The largest absolute Gasteiger partial charge is 0.494 e. The van der Waals surface area contributed by atoms with Gasteiger partial charge in [0.2, 0.25) is 0 Å². The van der Waals surface area contributed by atoms with E-state index in [1.807, 2.05) is 48.5 Å². The van der Waals surface area contributed by atoms with Gasteiger partial charge in [0, 0.05) is 0 Å². The second-order valence-corrected chi connectivity index (χ2v) is 9.61. The topological polar surface area (TPSA) is 47.9 Å². The van der Waals surface area contributed by atoms with E-state index in [1.54, 1.807) is 0 Å². The minimum atomic E-state index is -0.373. The van der Waals surface area contributed by atoms with Crippen LogP contribution in [0.1, 0.15) is 76.7 Å². The summed E-state index contributed by atoms with van der Waals surface area (Å²) in [6.45, 7) is 3.71. The molecule has 0 aliphatic heterocycles. The quantitative estimate of drug-likeness (QED) is 0.172. The predicted octanol–water partition coefficient (Wildman–Crippen LogP) is 8.10. The smallest absolute Gasteiger partial charge is 0.120 e. The highest BCUT2D eigenvalue weighted by Gasteiger charge is 2.10. The van der Waals surface area contributed by atoms with Crippen molar-refractivity contribution in [1.29, 1.82) is 0 Å². The summed E-state index contributed by atoms with van der Waals surface area (Å²) in [5.74, 6) is 1.69. The molecular formula is C32H44O4. The van der Waals surface area contributed by atoms with Crippen LogP contribution < -0.4 is 9.47 Å². The van der Waals surface area contributed by atoms with Gasteiger partial charge in [0.1, 0.15) is 24.2 Å². The van der Waals surface area contributed by atoms with Crippen LogP contribution in [0.2, 0.25) is 0 Å². The van der Waals surface area contributed by atoms with Crippen LogP contribution in [0, 0.1) is 0 Å². The summed E-state index contributed by atoms with van der Waals surface area (Å²) in [6.07, 6.45) is 12.9. The van der Waals surface area contributed by atoms with E-state index in [4.69, 9.17) is 14.2 Å². The van der Waals surface area contributed by atoms with Crippen molar-refractivity contribution in [2.75, 3.05) is 19.8 Å². The van der Waals surface area contributed by atoms with Crippen LogP contribution in [0.3, 0.4) is 0 Å². The first-order valence-corrected chi connectivity index (χ1v) is 13.8. The fraction of sp³-hybridized carbons (Fsp3) is 0.500. The molecule has 0 aliphatic carbocycles. The van der Waals surface area contributed by atoms with E-state index in [0.717, 1.165) is 40.9 Å². The highest BCUT2D eigenvalue weighted by atomic mass is 16.5. The van der Waals surface area contributed by atoms with E-state index in [9.17, 15) is 5.11 Å². The van der Waals surface area contributed by atoms with Crippen molar-refractivity contribution in [2.45, 2.75) is 83.8 Å². The van der Waals surface area contributed by atoms with E-state index in [-0.39, 0.29) is 12.7 Å². The van der Waals surface area contributed by atoms with Gasteiger partial charge in [-0.05, 0) is 47.0 Å². The van der Waals surface area contributed by atoms with Gasteiger partial charge in [0.15, 0.2) is 0 Å². The second kappa shape index (κ2) is 17.0. The monoisotopic (exact) mass is 492 g/mol. The Hall–Kier alpha value is -2.56. The lowest BCUT2D eigenvalue weighted by Crippen LogP contribution is -2.25. The molecule has 0 aromatic heterocycles. The van der Waals surface area contributed by atoms with Crippen LogP contribution in [0.5, 0.6) is 11.5 Å². The average Bonchev–Trinajstić information content (AvgIpc) is 2.92. The third-order valence-electron chi connectivity index (χ3n) is 6.52. The molecule has 0 saturated carbocycles. The number of unbranched alkanes of at least 4 members (excludes halogenated alkanes) is 9. The van der Waals surface area contributed by atoms with Crippen molar-refractivity contribution in [1.82, 2.24) is 0 Å². The predicted molar refractivity (Wildman–Crippen MR) is 149 cm³/mol. The molecule has 4 nitrogen and oxygen atoms in total. The highest BCUT2D eigenvalue weighted by Crippen LogP contribution is 2.25. The Labute approximate surface area is 217 Å². The minimum Gasteiger partial charge on any atom is -0.494 e. The van der Waals surface area contributed by atoms with Gasteiger partial charge in [-0.1, -0.05) is 107 Å². The molecule has 0 heterocycles. The number of rotatable bonds is 19. The average molecular weight is 493 g/mol. The van der Waals surface area contributed by atoms with Crippen molar-refractivity contribution < 1.29 is 19.3 Å². The molecule has 0 radical (unpaired) electrons. The van der Waals surface area contributed by atoms with Crippen molar-refractivity contribution in [3.05, 3.63) is 72.3 Å². The third-order valence-corrected chi connectivity index (χ3v) is 6.52. The zero-order chi connectivity index (χ0) is 25.3. The van der Waals surface area contributed by atoms with Gasteiger partial charge >= 0.3 is 0 Å². The number of hydrogen-bond acceptors (Lipinski definition) is 4. The van der Waals surface area contributed by atoms with Crippen LogP contribution in [0.15, 0.2) is 66.7 Å². The molecule has 3 aromatic rings. The van der Waals surface area contributed by atoms with E-state index < -0.39 is 0 Å². The minimum absolute atomic E-state index is 0.0832. The maximum atomic E-state index is 9.64. The van der Waals surface area contributed by atoms with Crippen molar-refractivity contribution in [3.63, 3.8) is 0 Å². The molecule has 0 aliphatic rings. The molecule has 4 heteroatoms. The fourth-order valence-electron chi connectivity index (χ4n) is 4.29. The molecule has 0 fully saturated rings. The first-order chi connectivity index (χ1) is 17.8. The van der Waals surface area contributed by atoms with Gasteiger partial charge in [0.25, 0.3) is 0 Å². The molecule has 1 N–H and O–H groups in total. The van der Waals surface area contributed by atoms with Crippen LogP contribution in [0.25, 0.3) is 10.8 Å². The van der Waals surface area contributed by atoms with Gasteiger partial charge in [-0.15, -0.1) is 0 Å². The van der Waals surface area contributed by atoms with Crippen molar-refractivity contribution >= 4 is 10.8 Å². The fourth-order valence-corrected chi connectivity index (χ4v) is 4.29. The van der Waals surface area contributed by atoms with Crippen molar-refractivity contribution in [2.24, 2.45) is 0 Å². The Morgan fingerprint density at radius 3 is 1.86 bits per heavy atom. The number of aliphatic hydroxyl groups excluding tert-OH is 1.